The molecule has 136 valence electrons. The molecular formula is C21H17ClN2O2S. The first kappa shape index (κ1) is 17.8. The third-order valence-corrected chi connectivity index (χ3v) is 5.52. The Hall–Kier alpha value is -2.63. The zero-order chi connectivity index (χ0) is 18.8. The molecule has 0 radical (unpaired) electrons. The zero-order valence-corrected chi connectivity index (χ0v) is 16.3. The summed E-state index contributed by atoms with van der Waals surface area (Å²) in [6.07, 6.45) is 1.91. The van der Waals surface area contributed by atoms with E-state index in [2.05, 4.69) is 4.98 Å². The highest BCUT2D eigenvalue weighted by atomic mass is 35.5. The normalized spacial score (nSPS) is 11.0. The number of rotatable bonds is 5. The zero-order valence-electron chi connectivity index (χ0n) is 14.7. The third-order valence-electron chi connectivity index (χ3n) is 4.24. The van der Waals surface area contributed by atoms with Gasteiger partial charge in [-0.05, 0) is 42.8 Å². The number of furan rings is 1. The summed E-state index contributed by atoms with van der Waals surface area (Å²) in [6, 6.07) is 17.2. The Kier molecular flexibility index (Phi) is 4.97. The van der Waals surface area contributed by atoms with E-state index in [4.69, 9.17) is 16.0 Å². The second kappa shape index (κ2) is 7.55. The van der Waals surface area contributed by atoms with Gasteiger partial charge < -0.3 is 4.42 Å². The SMILES string of the molecule is Cc1ccc(CC(=O)N(Cc2ccco2)c2nc3ccc(Cl)cc3s2)cc1. The number of aryl methyl sites for hydroxylation is 1. The average Bonchev–Trinajstić information content (AvgIpc) is 3.30. The minimum absolute atomic E-state index is 0.0274. The summed E-state index contributed by atoms with van der Waals surface area (Å²) >= 11 is 7.54. The van der Waals surface area contributed by atoms with Gasteiger partial charge in [0.15, 0.2) is 5.13 Å². The number of aromatic nitrogens is 1. The Morgan fingerprint density at radius 3 is 2.74 bits per heavy atom. The summed E-state index contributed by atoms with van der Waals surface area (Å²) in [7, 11) is 0. The van der Waals surface area contributed by atoms with Crippen molar-refractivity contribution in [2.24, 2.45) is 0 Å². The standard InChI is InChI=1S/C21H17ClN2O2S/c1-14-4-6-15(7-5-14)11-20(25)24(13-17-3-2-10-26-17)21-23-18-9-8-16(22)12-19(18)27-21/h2-10,12H,11,13H2,1H3. The molecular weight excluding hydrogens is 380 g/mol. The molecule has 0 atom stereocenters. The van der Waals surface area contributed by atoms with Crippen LogP contribution in [0.25, 0.3) is 10.2 Å². The Morgan fingerprint density at radius 2 is 2.00 bits per heavy atom. The fourth-order valence-corrected chi connectivity index (χ4v) is 4.06. The lowest BCUT2D eigenvalue weighted by Crippen LogP contribution is -2.31. The van der Waals surface area contributed by atoms with Crippen LogP contribution in [0.2, 0.25) is 5.02 Å². The van der Waals surface area contributed by atoms with E-state index in [9.17, 15) is 4.79 Å². The lowest BCUT2D eigenvalue weighted by molar-refractivity contribution is -0.118. The number of carbonyl (C=O) groups is 1. The van der Waals surface area contributed by atoms with Crippen LogP contribution in [0.3, 0.4) is 0 Å². The molecule has 4 aromatic rings. The number of fused-ring (bicyclic) bond motifs is 1. The minimum atomic E-state index is -0.0274. The first-order valence-corrected chi connectivity index (χ1v) is 9.72. The molecule has 4 nitrogen and oxygen atoms in total. The molecule has 6 heteroatoms. The van der Waals surface area contributed by atoms with E-state index >= 15 is 0 Å². The maximum Gasteiger partial charge on any atom is 0.233 e. The van der Waals surface area contributed by atoms with E-state index in [1.165, 1.54) is 16.9 Å². The quantitative estimate of drug-likeness (QED) is 0.439. The van der Waals surface area contributed by atoms with Crippen molar-refractivity contribution in [3.05, 3.63) is 82.8 Å². The fourth-order valence-electron chi connectivity index (χ4n) is 2.80. The van der Waals surface area contributed by atoms with Gasteiger partial charge in [-0.3, -0.25) is 9.69 Å². The molecule has 2 aromatic heterocycles. The molecule has 2 heterocycles. The Labute approximate surface area is 166 Å². The topological polar surface area (TPSA) is 46.3 Å². The van der Waals surface area contributed by atoms with Crippen LogP contribution in [-0.2, 0) is 17.8 Å². The van der Waals surface area contributed by atoms with E-state index in [0.29, 0.717) is 28.9 Å². The largest absolute Gasteiger partial charge is 0.467 e. The number of hydrogen-bond donors (Lipinski definition) is 0. The minimum Gasteiger partial charge on any atom is -0.467 e. The van der Waals surface area contributed by atoms with Crippen LogP contribution in [0.15, 0.2) is 65.3 Å². The Balaban J connectivity index is 1.66. The van der Waals surface area contributed by atoms with Crippen molar-refractivity contribution in [1.82, 2.24) is 4.98 Å². The summed E-state index contributed by atoms with van der Waals surface area (Å²) in [5, 5.41) is 1.29. The van der Waals surface area contributed by atoms with Gasteiger partial charge in [-0.1, -0.05) is 52.8 Å². The van der Waals surface area contributed by atoms with Crippen molar-refractivity contribution in [2.75, 3.05) is 4.90 Å². The third kappa shape index (κ3) is 4.04. The summed E-state index contributed by atoms with van der Waals surface area (Å²) < 4.78 is 6.41. The lowest BCUT2D eigenvalue weighted by Gasteiger charge is -2.18. The van der Waals surface area contributed by atoms with Gasteiger partial charge in [-0.2, -0.15) is 0 Å². The van der Waals surface area contributed by atoms with Gasteiger partial charge in [0.2, 0.25) is 5.91 Å². The van der Waals surface area contributed by atoms with Gasteiger partial charge in [0, 0.05) is 5.02 Å². The molecule has 0 N–H and O–H groups in total. The van der Waals surface area contributed by atoms with Gasteiger partial charge in [0.25, 0.3) is 0 Å². The van der Waals surface area contributed by atoms with Crippen molar-refractivity contribution in [2.45, 2.75) is 19.9 Å². The number of carbonyl (C=O) groups excluding carboxylic acids is 1. The predicted octanol–water partition coefficient (Wildman–Crippen LogP) is 5.63. The van der Waals surface area contributed by atoms with Crippen molar-refractivity contribution >= 4 is 44.2 Å². The van der Waals surface area contributed by atoms with Crippen LogP contribution in [0.4, 0.5) is 5.13 Å². The molecule has 4 rings (SSSR count). The van der Waals surface area contributed by atoms with E-state index in [0.717, 1.165) is 15.8 Å². The number of hydrogen-bond acceptors (Lipinski definition) is 4. The molecule has 0 aliphatic rings. The molecule has 2 aromatic carbocycles. The van der Waals surface area contributed by atoms with Crippen LogP contribution >= 0.6 is 22.9 Å². The molecule has 1 amide bonds. The number of benzene rings is 2. The highest BCUT2D eigenvalue weighted by molar-refractivity contribution is 7.22. The number of thiazole rings is 1. The summed E-state index contributed by atoms with van der Waals surface area (Å²) in [4.78, 5) is 19.4. The van der Waals surface area contributed by atoms with Crippen molar-refractivity contribution in [3.63, 3.8) is 0 Å². The molecule has 0 spiro atoms. The second-order valence-electron chi connectivity index (χ2n) is 6.33. The average molecular weight is 397 g/mol. The van der Waals surface area contributed by atoms with Crippen LogP contribution in [0.5, 0.6) is 0 Å². The van der Waals surface area contributed by atoms with Crippen molar-refractivity contribution in [3.8, 4) is 0 Å². The van der Waals surface area contributed by atoms with Gasteiger partial charge in [0.1, 0.15) is 5.76 Å². The molecule has 0 fully saturated rings. The monoisotopic (exact) mass is 396 g/mol. The van der Waals surface area contributed by atoms with E-state index < -0.39 is 0 Å². The summed E-state index contributed by atoms with van der Waals surface area (Å²) in [5.41, 5.74) is 2.97. The number of halogens is 1. The highest BCUT2D eigenvalue weighted by Gasteiger charge is 2.21. The Morgan fingerprint density at radius 1 is 1.19 bits per heavy atom. The molecule has 0 saturated carbocycles. The molecule has 0 unspecified atom stereocenters. The van der Waals surface area contributed by atoms with Gasteiger partial charge in [-0.25, -0.2) is 4.98 Å². The maximum absolute atomic E-state index is 13.1. The lowest BCUT2D eigenvalue weighted by atomic mass is 10.1. The van der Waals surface area contributed by atoms with Crippen molar-refractivity contribution in [1.29, 1.82) is 0 Å². The molecule has 0 saturated heterocycles. The van der Waals surface area contributed by atoms with E-state index in [-0.39, 0.29) is 5.91 Å². The van der Waals surface area contributed by atoms with Crippen LogP contribution < -0.4 is 4.90 Å². The van der Waals surface area contributed by atoms with Crippen LogP contribution in [0, 0.1) is 6.92 Å². The van der Waals surface area contributed by atoms with Crippen LogP contribution in [-0.4, -0.2) is 10.9 Å². The van der Waals surface area contributed by atoms with Gasteiger partial charge >= 0.3 is 0 Å². The van der Waals surface area contributed by atoms with Gasteiger partial charge in [-0.15, -0.1) is 0 Å². The summed E-state index contributed by atoms with van der Waals surface area (Å²) in [5.74, 6) is 0.685. The molecule has 0 bridgehead atoms. The first-order chi connectivity index (χ1) is 13.1. The number of anilines is 1. The Bertz CT molecular complexity index is 1070. The van der Waals surface area contributed by atoms with Crippen molar-refractivity contribution < 1.29 is 9.21 Å². The number of nitrogens with zero attached hydrogens (tertiary/aromatic N) is 2. The molecule has 0 aliphatic heterocycles. The number of amides is 1. The predicted molar refractivity (Wildman–Crippen MR) is 109 cm³/mol. The van der Waals surface area contributed by atoms with Crippen LogP contribution in [0.1, 0.15) is 16.9 Å². The van der Waals surface area contributed by atoms with E-state index in [1.54, 1.807) is 17.2 Å². The maximum atomic E-state index is 13.1. The van der Waals surface area contributed by atoms with Gasteiger partial charge in [0.05, 0.1) is 29.4 Å². The second-order valence-corrected chi connectivity index (χ2v) is 7.78. The molecule has 0 aliphatic carbocycles. The summed E-state index contributed by atoms with van der Waals surface area (Å²) in [6.45, 7) is 2.37. The smallest absolute Gasteiger partial charge is 0.233 e. The van der Waals surface area contributed by atoms with E-state index in [1.807, 2.05) is 55.5 Å². The molecule has 27 heavy (non-hydrogen) atoms. The highest BCUT2D eigenvalue weighted by Crippen LogP contribution is 2.32. The fraction of sp³-hybridized carbons (Fsp3) is 0.143. The first-order valence-electron chi connectivity index (χ1n) is 8.53.